The lowest BCUT2D eigenvalue weighted by atomic mass is 10.0. The van der Waals surface area contributed by atoms with E-state index in [-0.39, 0.29) is 43.0 Å². The zero-order valence-corrected chi connectivity index (χ0v) is 21.3. The maximum absolute atomic E-state index is 15.1. The molecule has 1 fully saturated rings. The van der Waals surface area contributed by atoms with Crippen molar-refractivity contribution in [2.45, 2.75) is 43.9 Å². The first-order valence-electron chi connectivity index (χ1n) is 11.9. The van der Waals surface area contributed by atoms with Crippen LogP contribution >= 0.6 is 11.6 Å². The molecule has 9 nitrogen and oxygen atoms in total. The minimum Gasteiger partial charge on any atom is -0.396 e. The molecule has 38 heavy (non-hydrogen) atoms. The van der Waals surface area contributed by atoms with Crippen molar-refractivity contribution in [2.75, 3.05) is 13.2 Å². The molecule has 3 amide bonds. The van der Waals surface area contributed by atoms with Crippen molar-refractivity contribution in [3.63, 3.8) is 0 Å². The first kappa shape index (κ1) is 27.3. The van der Waals surface area contributed by atoms with Gasteiger partial charge in [-0.2, -0.15) is 4.73 Å². The second-order valence-corrected chi connectivity index (χ2v) is 9.86. The second kappa shape index (κ2) is 11.0. The first-order valence-corrected chi connectivity index (χ1v) is 12.3. The molecule has 2 aromatic carbocycles. The van der Waals surface area contributed by atoms with E-state index in [1.54, 1.807) is 24.3 Å². The zero-order valence-electron chi connectivity index (χ0n) is 20.5. The lowest BCUT2D eigenvalue weighted by molar-refractivity contribution is -0.138. The molecule has 0 unspecified atom stereocenters. The summed E-state index contributed by atoms with van der Waals surface area (Å²) in [6.07, 6.45) is -0.0940. The fourth-order valence-corrected chi connectivity index (χ4v) is 5.01. The van der Waals surface area contributed by atoms with Gasteiger partial charge in [0.25, 0.3) is 0 Å². The minimum absolute atomic E-state index is 0.0179. The van der Waals surface area contributed by atoms with Crippen LogP contribution in [0.2, 0.25) is 5.02 Å². The number of hydrogen-bond donors (Lipinski definition) is 3. The van der Waals surface area contributed by atoms with Crippen LogP contribution in [0.1, 0.15) is 36.9 Å². The lowest BCUT2D eigenvalue weighted by Gasteiger charge is -2.26. The number of likely N-dealkylation sites (tertiary alicyclic amines) is 1. The van der Waals surface area contributed by atoms with E-state index in [4.69, 9.17) is 22.2 Å². The van der Waals surface area contributed by atoms with E-state index in [0.29, 0.717) is 16.5 Å². The number of halogens is 3. The number of amides is 3. The fourth-order valence-electron chi connectivity index (χ4n) is 4.83. The summed E-state index contributed by atoms with van der Waals surface area (Å²) in [5.74, 6) is -1.95. The molecule has 1 aromatic heterocycles. The Kier molecular flexibility index (Phi) is 7.89. The van der Waals surface area contributed by atoms with Crippen LogP contribution < -0.4 is 15.9 Å². The number of carbonyl (C=O) groups excluding carboxylic acids is 3. The Bertz CT molecular complexity index is 1380. The van der Waals surface area contributed by atoms with Gasteiger partial charge in [-0.1, -0.05) is 41.9 Å². The molecular weight excluding hydrogens is 522 g/mol. The number of primary amides is 1. The molecule has 1 aliphatic rings. The van der Waals surface area contributed by atoms with Crippen molar-refractivity contribution in [3.05, 3.63) is 70.6 Å². The number of aliphatic hydroxyl groups is 1. The van der Waals surface area contributed by atoms with Crippen LogP contribution in [0.3, 0.4) is 0 Å². The average molecular weight is 549 g/mol. The molecule has 0 aliphatic carbocycles. The Morgan fingerprint density at radius 3 is 2.71 bits per heavy atom. The van der Waals surface area contributed by atoms with E-state index < -0.39 is 41.5 Å². The van der Waals surface area contributed by atoms with E-state index >= 15 is 4.39 Å². The van der Waals surface area contributed by atoms with Crippen molar-refractivity contribution in [1.82, 2.24) is 14.9 Å². The number of hydrogen-bond acceptors (Lipinski definition) is 5. The summed E-state index contributed by atoms with van der Waals surface area (Å²) in [6.45, 7) is 0.619. The average Bonchev–Trinajstić information content (AvgIpc) is 3.37. The van der Waals surface area contributed by atoms with Gasteiger partial charge >= 0.3 is 6.09 Å². The van der Waals surface area contributed by atoms with Gasteiger partial charge in [-0.25, -0.2) is 13.6 Å². The van der Waals surface area contributed by atoms with Crippen molar-refractivity contribution in [1.29, 1.82) is 0 Å². The van der Waals surface area contributed by atoms with E-state index in [9.17, 15) is 23.9 Å². The van der Waals surface area contributed by atoms with E-state index in [2.05, 4.69) is 5.32 Å². The molecule has 3 atom stereocenters. The summed E-state index contributed by atoms with van der Waals surface area (Å²) >= 11 is 5.88. The number of nitrogens with zero attached hydrogens (tertiary/aromatic N) is 2. The van der Waals surface area contributed by atoms with Gasteiger partial charge in [0.2, 0.25) is 11.8 Å². The van der Waals surface area contributed by atoms with Gasteiger partial charge in [-0.05, 0) is 31.0 Å². The van der Waals surface area contributed by atoms with Crippen molar-refractivity contribution >= 4 is 40.4 Å². The standard InChI is InChI=1S/C26H27ClF2N4O5/c1-26(29)12-21(24(36)31-19(9-10-34)17-6-4-7-18(27)23(17)28)32(14-26)22(35)11-15-13-33(38-25(30)37)20-8-3-2-5-16(15)20/h2-8,13,19,21,34H,9-12,14H2,1H3,(H2,30,37)(H,31,36)/t19-,21+,26-/m1/s1. The molecule has 2 heterocycles. The van der Waals surface area contributed by atoms with E-state index in [1.165, 1.54) is 31.3 Å². The van der Waals surface area contributed by atoms with E-state index in [0.717, 1.165) is 9.63 Å². The summed E-state index contributed by atoms with van der Waals surface area (Å²) in [5, 5.41) is 12.6. The number of aliphatic hydroxyl groups excluding tert-OH is 1. The molecule has 0 bridgehead atoms. The van der Waals surface area contributed by atoms with Crippen molar-refractivity contribution < 1.29 is 33.1 Å². The van der Waals surface area contributed by atoms with Gasteiger partial charge in [0.05, 0.1) is 29.5 Å². The predicted molar refractivity (Wildman–Crippen MR) is 135 cm³/mol. The summed E-state index contributed by atoms with van der Waals surface area (Å²) in [4.78, 5) is 44.1. The van der Waals surface area contributed by atoms with Crippen LogP contribution in [0.15, 0.2) is 48.7 Å². The van der Waals surface area contributed by atoms with Crippen LogP contribution in [-0.4, -0.2) is 57.5 Å². The third-order valence-electron chi connectivity index (χ3n) is 6.50. The topological polar surface area (TPSA) is 127 Å². The molecule has 202 valence electrons. The molecule has 0 spiro atoms. The van der Waals surface area contributed by atoms with Gasteiger partial charge in [0, 0.05) is 30.2 Å². The number of nitrogens with two attached hydrogens (primary N) is 1. The quantitative estimate of drug-likeness (QED) is 0.399. The predicted octanol–water partition coefficient (Wildman–Crippen LogP) is 3.05. The number of fused-ring (bicyclic) bond motifs is 1. The van der Waals surface area contributed by atoms with Crippen LogP contribution in [0, 0.1) is 5.82 Å². The molecule has 0 saturated carbocycles. The summed E-state index contributed by atoms with van der Waals surface area (Å²) in [7, 11) is 0. The van der Waals surface area contributed by atoms with Crippen LogP contribution in [0.5, 0.6) is 0 Å². The fraction of sp³-hybridized carbons (Fsp3) is 0.346. The van der Waals surface area contributed by atoms with Crippen LogP contribution in [0.4, 0.5) is 13.6 Å². The lowest BCUT2D eigenvalue weighted by Crippen LogP contribution is -2.47. The van der Waals surface area contributed by atoms with Crippen molar-refractivity contribution in [2.24, 2.45) is 5.73 Å². The third kappa shape index (κ3) is 5.73. The van der Waals surface area contributed by atoms with E-state index in [1.807, 2.05) is 0 Å². The Balaban J connectivity index is 1.58. The molecule has 12 heteroatoms. The van der Waals surface area contributed by atoms with Gasteiger partial charge in [-0.3, -0.25) is 9.59 Å². The van der Waals surface area contributed by atoms with Gasteiger partial charge in [0.1, 0.15) is 17.5 Å². The monoisotopic (exact) mass is 548 g/mol. The molecule has 4 N–H and O–H groups in total. The number of nitrogens with one attached hydrogen (secondary N) is 1. The number of rotatable bonds is 8. The normalized spacial score (nSPS) is 19.9. The summed E-state index contributed by atoms with van der Waals surface area (Å²) in [6, 6.07) is 9.05. The SMILES string of the molecule is C[C@@]1(F)C[C@@H](C(=O)N[C@H](CCO)c2cccc(Cl)c2F)N(C(=O)Cc2cn(OC(N)=O)c3ccccc23)C1. The van der Waals surface area contributed by atoms with Crippen LogP contribution in [0.25, 0.3) is 10.9 Å². The zero-order chi connectivity index (χ0) is 27.6. The molecule has 3 aromatic rings. The minimum atomic E-state index is -1.84. The molecule has 1 aliphatic heterocycles. The first-order chi connectivity index (χ1) is 18.0. The van der Waals surface area contributed by atoms with Crippen LogP contribution in [-0.2, 0) is 16.0 Å². The number of alkyl halides is 1. The van der Waals surface area contributed by atoms with Gasteiger partial charge < -0.3 is 25.9 Å². The Morgan fingerprint density at radius 2 is 2.00 bits per heavy atom. The number of para-hydroxylation sites is 1. The highest BCUT2D eigenvalue weighted by Crippen LogP contribution is 2.33. The molecular formula is C26H27ClF2N4O5. The molecule has 4 rings (SSSR count). The number of carbonyl (C=O) groups is 3. The number of aromatic nitrogens is 1. The highest BCUT2D eigenvalue weighted by atomic mass is 35.5. The largest absolute Gasteiger partial charge is 0.429 e. The maximum atomic E-state index is 15.1. The smallest absolute Gasteiger partial charge is 0.396 e. The maximum Gasteiger partial charge on any atom is 0.429 e. The van der Waals surface area contributed by atoms with Gasteiger partial charge in [-0.15, -0.1) is 0 Å². The van der Waals surface area contributed by atoms with Gasteiger partial charge in [0.15, 0.2) is 0 Å². The number of benzene rings is 2. The molecule has 0 radical (unpaired) electrons. The second-order valence-electron chi connectivity index (χ2n) is 9.46. The Hall–Kier alpha value is -3.70. The Morgan fingerprint density at radius 1 is 1.26 bits per heavy atom. The highest BCUT2D eigenvalue weighted by Gasteiger charge is 2.47. The highest BCUT2D eigenvalue weighted by molar-refractivity contribution is 6.30. The summed E-state index contributed by atoms with van der Waals surface area (Å²) in [5.41, 5.74) is 4.35. The third-order valence-corrected chi connectivity index (χ3v) is 6.79. The Labute approximate surface area is 222 Å². The summed E-state index contributed by atoms with van der Waals surface area (Å²) < 4.78 is 30.9. The van der Waals surface area contributed by atoms with Crippen molar-refractivity contribution in [3.8, 4) is 0 Å². The molecule has 1 saturated heterocycles.